The van der Waals surface area contributed by atoms with Crippen molar-refractivity contribution in [2.45, 2.75) is 0 Å². The van der Waals surface area contributed by atoms with E-state index < -0.39 is 0 Å². The number of nitrogens with zero attached hydrogens (tertiary/aromatic N) is 3. The lowest BCUT2D eigenvalue weighted by Gasteiger charge is -2.06. The van der Waals surface area contributed by atoms with Gasteiger partial charge in [0.15, 0.2) is 0 Å². The van der Waals surface area contributed by atoms with Gasteiger partial charge < -0.3 is 4.74 Å². The number of rotatable bonds is 2. The Morgan fingerprint density at radius 2 is 1.89 bits per heavy atom. The highest BCUT2D eigenvalue weighted by molar-refractivity contribution is 6.29. The first-order valence-corrected chi connectivity index (χ1v) is 5.35. The zero-order chi connectivity index (χ0) is 13.0. The minimum absolute atomic E-state index is 0.165. The Hall–Kier alpha value is -2.56. The quantitative estimate of drug-likeness (QED) is 0.772. The molecule has 0 radical (unpaired) electrons. The molecule has 0 saturated carbocycles. The van der Waals surface area contributed by atoms with Crippen molar-refractivity contribution < 1.29 is 4.74 Å². The molecule has 0 bridgehead atoms. The van der Waals surface area contributed by atoms with Crippen molar-refractivity contribution in [1.29, 1.82) is 10.5 Å². The Labute approximate surface area is 109 Å². The third-order valence-corrected chi connectivity index (χ3v) is 2.32. The lowest BCUT2D eigenvalue weighted by molar-refractivity contribution is 0.461. The Morgan fingerprint density at radius 1 is 1.11 bits per heavy atom. The van der Waals surface area contributed by atoms with Crippen LogP contribution in [0.2, 0.25) is 5.15 Å². The van der Waals surface area contributed by atoms with Gasteiger partial charge in [-0.05, 0) is 18.2 Å². The fourth-order valence-electron chi connectivity index (χ4n) is 1.35. The first-order valence-electron chi connectivity index (χ1n) is 4.97. The number of ether oxygens (including phenoxy) is 1. The maximum atomic E-state index is 8.92. The fraction of sp³-hybridized carbons (Fsp3) is 0. The smallest absolute Gasteiger partial charge is 0.222 e. The van der Waals surface area contributed by atoms with Crippen molar-refractivity contribution in [3.05, 3.63) is 52.7 Å². The largest absolute Gasteiger partial charge is 0.438 e. The second-order valence-corrected chi connectivity index (χ2v) is 3.73. The van der Waals surface area contributed by atoms with Crippen LogP contribution >= 0.6 is 11.6 Å². The van der Waals surface area contributed by atoms with E-state index in [4.69, 9.17) is 26.9 Å². The zero-order valence-corrected chi connectivity index (χ0v) is 9.85. The fourth-order valence-corrected chi connectivity index (χ4v) is 1.55. The van der Waals surface area contributed by atoms with Crippen LogP contribution < -0.4 is 4.74 Å². The summed E-state index contributed by atoms with van der Waals surface area (Å²) in [4.78, 5) is 3.94. The molecule has 1 aromatic heterocycles. The molecule has 0 saturated heterocycles. The second-order valence-electron chi connectivity index (χ2n) is 3.34. The van der Waals surface area contributed by atoms with E-state index in [1.807, 2.05) is 12.1 Å². The zero-order valence-electron chi connectivity index (χ0n) is 9.09. The predicted octanol–water partition coefficient (Wildman–Crippen LogP) is 3.27. The van der Waals surface area contributed by atoms with Crippen LogP contribution in [0.25, 0.3) is 0 Å². The molecule has 0 fully saturated rings. The number of benzene rings is 1. The second kappa shape index (κ2) is 5.18. The number of hydrogen-bond donors (Lipinski definition) is 0. The number of aromatic nitrogens is 1. The Bertz CT molecular complexity index is 671. The molecule has 0 N–H and O–H groups in total. The van der Waals surface area contributed by atoms with Crippen LogP contribution in [0.5, 0.6) is 11.6 Å². The molecule has 0 amide bonds. The van der Waals surface area contributed by atoms with Gasteiger partial charge >= 0.3 is 0 Å². The van der Waals surface area contributed by atoms with Gasteiger partial charge in [0, 0.05) is 6.07 Å². The van der Waals surface area contributed by atoms with Crippen LogP contribution in [0.4, 0.5) is 0 Å². The van der Waals surface area contributed by atoms with Gasteiger partial charge in [-0.1, -0.05) is 23.7 Å². The van der Waals surface area contributed by atoms with E-state index in [1.54, 1.807) is 24.3 Å². The Morgan fingerprint density at radius 3 is 2.61 bits per heavy atom. The van der Waals surface area contributed by atoms with Crippen LogP contribution in [0, 0.1) is 22.7 Å². The maximum absolute atomic E-state index is 8.92. The molecule has 86 valence electrons. The van der Waals surface area contributed by atoms with Crippen LogP contribution in [-0.4, -0.2) is 4.98 Å². The number of hydrogen-bond acceptors (Lipinski definition) is 4. The van der Waals surface area contributed by atoms with Gasteiger partial charge in [-0.25, -0.2) is 4.98 Å². The van der Waals surface area contributed by atoms with Gasteiger partial charge in [0.2, 0.25) is 5.88 Å². The molecule has 1 aromatic carbocycles. The highest BCUT2D eigenvalue weighted by atomic mass is 35.5. The third kappa shape index (κ3) is 2.57. The summed E-state index contributed by atoms with van der Waals surface area (Å²) < 4.78 is 5.45. The lowest BCUT2D eigenvalue weighted by Crippen LogP contribution is -1.92. The first-order chi connectivity index (χ1) is 8.72. The molecule has 0 atom stereocenters. The van der Waals surface area contributed by atoms with E-state index in [0.717, 1.165) is 0 Å². The van der Waals surface area contributed by atoms with E-state index in [1.165, 1.54) is 12.1 Å². The Kier molecular flexibility index (Phi) is 3.43. The average Bonchev–Trinajstić information content (AvgIpc) is 2.38. The van der Waals surface area contributed by atoms with Gasteiger partial charge in [-0.3, -0.25) is 0 Å². The number of para-hydroxylation sites is 1. The molecular weight excluding hydrogens is 250 g/mol. The highest BCUT2D eigenvalue weighted by Gasteiger charge is 2.06. The normalized spacial score (nSPS) is 9.28. The van der Waals surface area contributed by atoms with Crippen LogP contribution in [0.3, 0.4) is 0 Å². The minimum Gasteiger partial charge on any atom is -0.438 e. The van der Waals surface area contributed by atoms with Crippen molar-refractivity contribution in [2.24, 2.45) is 0 Å². The van der Waals surface area contributed by atoms with Crippen molar-refractivity contribution in [3.8, 4) is 23.8 Å². The average molecular weight is 256 g/mol. The van der Waals surface area contributed by atoms with Gasteiger partial charge in [-0.15, -0.1) is 0 Å². The van der Waals surface area contributed by atoms with Gasteiger partial charge in [0.1, 0.15) is 17.0 Å². The molecule has 0 spiro atoms. The summed E-state index contributed by atoms with van der Waals surface area (Å²) >= 11 is 5.76. The van der Waals surface area contributed by atoms with Gasteiger partial charge in [-0.2, -0.15) is 10.5 Å². The standard InChI is InChI=1S/C13H6ClN3O/c14-12-5-9(7-15)6-13(17-12)18-11-4-2-1-3-10(11)8-16/h1-6H. The van der Waals surface area contributed by atoms with Crippen LogP contribution in [-0.2, 0) is 0 Å². The first kappa shape index (κ1) is 11.9. The number of pyridine rings is 1. The topological polar surface area (TPSA) is 69.7 Å². The monoisotopic (exact) mass is 255 g/mol. The third-order valence-electron chi connectivity index (χ3n) is 2.12. The number of halogens is 1. The van der Waals surface area contributed by atoms with E-state index in [-0.39, 0.29) is 11.0 Å². The molecule has 2 aromatic rings. The minimum atomic E-state index is 0.165. The Balaban J connectivity index is 2.38. The molecular formula is C13H6ClN3O. The molecule has 18 heavy (non-hydrogen) atoms. The van der Waals surface area contributed by atoms with Crippen molar-refractivity contribution in [3.63, 3.8) is 0 Å². The van der Waals surface area contributed by atoms with Crippen LogP contribution in [0.15, 0.2) is 36.4 Å². The summed E-state index contributed by atoms with van der Waals surface area (Å²) in [6.45, 7) is 0. The summed E-state index contributed by atoms with van der Waals surface area (Å²) in [5, 5.41) is 17.9. The molecule has 5 heteroatoms. The van der Waals surface area contributed by atoms with E-state index >= 15 is 0 Å². The highest BCUT2D eigenvalue weighted by Crippen LogP contribution is 2.25. The van der Waals surface area contributed by atoms with E-state index in [0.29, 0.717) is 16.9 Å². The molecule has 1 heterocycles. The number of nitriles is 2. The van der Waals surface area contributed by atoms with Crippen molar-refractivity contribution in [2.75, 3.05) is 0 Å². The van der Waals surface area contributed by atoms with E-state index in [9.17, 15) is 0 Å². The molecule has 0 aliphatic carbocycles. The molecule has 0 aliphatic heterocycles. The van der Waals surface area contributed by atoms with Gasteiger partial charge in [0.25, 0.3) is 0 Å². The molecule has 2 rings (SSSR count). The van der Waals surface area contributed by atoms with Crippen LogP contribution in [0.1, 0.15) is 11.1 Å². The summed E-state index contributed by atoms with van der Waals surface area (Å²) in [6, 6.07) is 13.6. The maximum Gasteiger partial charge on any atom is 0.222 e. The van der Waals surface area contributed by atoms with Gasteiger partial charge in [0.05, 0.1) is 17.2 Å². The molecule has 0 unspecified atom stereocenters. The summed E-state index contributed by atoms with van der Waals surface area (Å²) in [7, 11) is 0. The summed E-state index contributed by atoms with van der Waals surface area (Å²) in [5.74, 6) is 0.556. The van der Waals surface area contributed by atoms with E-state index in [2.05, 4.69) is 4.98 Å². The van der Waals surface area contributed by atoms with Crippen molar-refractivity contribution in [1.82, 2.24) is 4.98 Å². The lowest BCUT2D eigenvalue weighted by atomic mass is 10.2. The SMILES string of the molecule is N#Cc1cc(Cl)nc(Oc2ccccc2C#N)c1. The molecule has 0 aliphatic rings. The summed E-state index contributed by atoms with van der Waals surface area (Å²) in [6.07, 6.45) is 0. The predicted molar refractivity (Wildman–Crippen MR) is 65.2 cm³/mol. The summed E-state index contributed by atoms with van der Waals surface area (Å²) in [5.41, 5.74) is 0.734. The molecule has 4 nitrogen and oxygen atoms in total. The van der Waals surface area contributed by atoms with Crippen molar-refractivity contribution >= 4 is 11.6 Å².